The van der Waals surface area contributed by atoms with Crippen molar-refractivity contribution in [2.75, 3.05) is 14.7 Å². The normalized spacial score (nSPS) is 19.1. The van der Waals surface area contributed by atoms with E-state index < -0.39 is 0 Å². The third-order valence-electron chi connectivity index (χ3n) is 21.6. The Morgan fingerprint density at radius 3 is 1.35 bits per heavy atom. The van der Waals surface area contributed by atoms with Crippen LogP contribution < -0.4 is 31.1 Å². The van der Waals surface area contributed by atoms with Gasteiger partial charge in [0.1, 0.15) is 0 Å². The summed E-state index contributed by atoms with van der Waals surface area (Å²) in [6.07, 6.45) is 6.94. The summed E-state index contributed by atoms with van der Waals surface area (Å²) in [6, 6.07) is 56.2. The summed E-state index contributed by atoms with van der Waals surface area (Å²) >= 11 is 1.96. The van der Waals surface area contributed by atoms with Gasteiger partial charge in [0, 0.05) is 65.7 Å². The van der Waals surface area contributed by atoms with Crippen molar-refractivity contribution in [1.29, 1.82) is 0 Å². The van der Waals surface area contributed by atoms with Gasteiger partial charge in [0.15, 0.2) is 0 Å². The number of hydrogen-bond donors (Lipinski definition) is 0. The average molecular weight is 1110 g/mol. The highest BCUT2D eigenvalue weighted by atomic mass is 32.1. The van der Waals surface area contributed by atoms with E-state index in [9.17, 15) is 0 Å². The molecule has 0 atom stereocenters. The van der Waals surface area contributed by atoms with E-state index in [0.29, 0.717) is 0 Å². The molecule has 0 saturated carbocycles. The standard InChI is InChI=1S/C78H86BN3S/c1-47-24-18-21-27-63(47)81(64-28-22-19-25-48(64)2)51-41-67-70-68(42-51)82(50-38-53-52-26-20-23-29-69(52)83-71(53)60(40-50)72(3,4)5)66-46-59-57(76(12,13)35-37-78(59,16)17)44-62(66)79(70)61-43-56-58(77(14,15)36-34-75(56,10)11)45-65(61)80(67)49-30-31-54-55(39-49)74(8,9)33-32-73(54,6)7/h18-31,38-46H,32-37H2,1-17H3. The number of para-hydroxylation sites is 2. The van der Waals surface area contributed by atoms with Crippen LogP contribution in [-0.4, -0.2) is 6.71 Å². The minimum absolute atomic E-state index is 0.00162. The van der Waals surface area contributed by atoms with Crippen molar-refractivity contribution in [1.82, 2.24) is 0 Å². The minimum atomic E-state index is -0.129. The molecule has 0 N–H and O–H groups in total. The predicted octanol–water partition coefficient (Wildman–Crippen LogP) is 20.6. The van der Waals surface area contributed by atoms with E-state index in [-0.39, 0.29) is 44.6 Å². The van der Waals surface area contributed by atoms with Crippen molar-refractivity contribution in [3.05, 3.63) is 190 Å². The van der Waals surface area contributed by atoms with Crippen LogP contribution in [0, 0.1) is 13.8 Å². The lowest BCUT2D eigenvalue weighted by Gasteiger charge is -2.49. The molecule has 3 heterocycles. The van der Waals surface area contributed by atoms with Gasteiger partial charge >= 0.3 is 0 Å². The Labute approximate surface area is 501 Å². The average Bonchev–Trinajstić information content (AvgIpc) is 1.26. The van der Waals surface area contributed by atoms with Crippen LogP contribution in [-0.2, 0) is 37.9 Å². The molecule has 0 saturated heterocycles. The summed E-state index contributed by atoms with van der Waals surface area (Å²) in [5.74, 6) is 0. The third kappa shape index (κ3) is 8.22. The van der Waals surface area contributed by atoms with Crippen molar-refractivity contribution in [2.24, 2.45) is 0 Å². The minimum Gasteiger partial charge on any atom is -0.311 e. The number of aryl methyl sites for hydroxylation is 2. The van der Waals surface area contributed by atoms with Gasteiger partial charge in [-0.1, -0.05) is 177 Å². The van der Waals surface area contributed by atoms with Crippen LogP contribution in [0.5, 0.6) is 0 Å². The molecule has 14 rings (SSSR count). The maximum atomic E-state index is 2.77. The van der Waals surface area contributed by atoms with Crippen LogP contribution in [0.25, 0.3) is 20.2 Å². The van der Waals surface area contributed by atoms with E-state index in [1.165, 1.54) is 139 Å². The molecule has 422 valence electrons. The second-order valence-corrected chi connectivity index (χ2v) is 32.1. The second-order valence-electron chi connectivity index (χ2n) is 31.1. The van der Waals surface area contributed by atoms with Gasteiger partial charge < -0.3 is 14.7 Å². The zero-order valence-corrected chi connectivity index (χ0v) is 53.7. The van der Waals surface area contributed by atoms with Crippen LogP contribution in [0.3, 0.4) is 0 Å². The molecule has 0 radical (unpaired) electrons. The zero-order valence-electron chi connectivity index (χ0n) is 52.8. The van der Waals surface area contributed by atoms with Gasteiger partial charge in [0.05, 0.1) is 5.69 Å². The molecule has 2 aliphatic heterocycles. The van der Waals surface area contributed by atoms with Crippen LogP contribution in [0.2, 0.25) is 0 Å². The molecule has 0 spiro atoms. The van der Waals surface area contributed by atoms with Crippen LogP contribution in [0.1, 0.15) is 192 Å². The largest absolute Gasteiger partial charge is 0.311 e. The summed E-state index contributed by atoms with van der Waals surface area (Å²) < 4.78 is 2.73. The number of thiophene rings is 1. The Balaban J connectivity index is 1.19. The first-order valence-corrected chi connectivity index (χ1v) is 32.1. The van der Waals surface area contributed by atoms with Gasteiger partial charge in [-0.2, -0.15) is 0 Å². The summed E-state index contributed by atoms with van der Waals surface area (Å²) in [7, 11) is 0. The Hall–Kier alpha value is -6.56. The summed E-state index contributed by atoms with van der Waals surface area (Å²) in [5, 5.41) is 2.67. The van der Waals surface area contributed by atoms with E-state index in [1.807, 2.05) is 11.3 Å². The lowest BCUT2D eigenvalue weighted by Crippen LogP contribution is -2.62. The van der Waals surface area contributed by atoms with E-state index in [1.54, 1.807) is 0 Å². The first kappa shape index (κ1) is 54.4. The summed E-state index contributed by atoms with van der Waals surface area (Å²) in [6.45, 7) is 41.8. The first-order valence-electron chi connectivity index (χ1n) is 31.2. The zero-order chi connectivity index (χ0) is 58.5. The molecule has 3 nitrogen and oxygen atoms in total. The number of rotatable bonds is 5. The SMILES string of the molecule is Cc1ccccc1N(c1cc2c3c(c1)N(c1cc(C(C)(C)C)c4sc5ccccc5c4c1)c1cc4c(cc1B3c1cc3c(cc1N2c1ccc2c(c1)C(C)(C)CCC2(C)C)C(C)(C)CCC3(C)C)C(C)(C)CCC4(C)C)c1ccccc1C. The van der Waals surface area contributed by atoms with Crippen LogP contribution in [0.15, 0.2) is 140 Å². The maximum absolute atomic E-state index is 2.77. The molecule has 83 heavy (non-hydrogen) atoms. The number of benzene rings is 8. The molecule has 1 aromatic heterocycles. The quantitative estimate of drug-likeness (QED) is 0.159. The summed E-state index contributed by atoms with van der Waals surface area (Å²) in [4.78, 5) is 8.13. The highest BCUT2D eigenvalue weighted by Crippen LogP contribution is 2.57. The highest BCUT2D eigenvalue weighted by Gasteiger charge is 2.50. The molecule has 5 heteroatoms. The fourth-order valence-corrected chi connectivity index (χ4v) is 17.4. The Morgan fingerprint density at radius 2 is 0.855 bits per heavy atom. The topological polar surface area (TPSA) is 9.72 Å². The van der Waals surface area contributed by atoms with Gasteiger partial charge in [0.25, 0.3) is 6.71 Å². The second kappa shape index (κ2) is 18.0. The molecule has 9 aromatic rings. The molecular formula is C78H86BN3S. The van der Waals surface area contributed by atoms with E-state index >= 15 is 0 Å². The number of fused-ring (bicyclic) bond motifs is 10. The number of anilines is 9. The van der Waals surface area contributed by atoms with Crippen molar-refractivity contribution >= 4 is 106 Å². The van der Waals surface area contributed by atoms with Gasteiger partial charge in [-0.25, -0.2) is 0 Å². The van der Waals surface area contributed by atoms with Crippen molar-refractivity contribution in [3.63, 3.8) is 0 Å². The molecule has 5 aliphatic rings. The van der Waals surface area contributed by atoms with Gasteiger partial charge in [0.2, 0.25) is 0 Å². The molecule has 8 aromatic carbocycles. The first-order chi connectivity index (χ1) is 39.1. The predicted molar refractivity (Wildman–Crippen MR) is 362 cm³/mol. The molecule has 0 fully saturated rings. The molecule has 0 amide bonds. The van der Waals surface area contributed by atoms with E-state index in [0.717, 1.165) is 37.8 Å². The number of hydrogen-bond acceptors (Lipinski definition) is 4. The Morgan fingerprint density at radius 1 is 0.422 bits per heavy atom. The lowest BCUT2D eigenvalue weighted by atomic mass is 9.32. The Bertz CT molecular complexity index is 4160. The fraction of sp³-hybridized carbons (Fsp3) is 0.385. The third-order valence-corrected chi connectivity index (χ3v) is 22.8. The maximum Gasteiger partial charge on any atom is 0.252 e. The van der Waals surface area contributed by atoms with Crippen LogP contribution >= 0.6 is 11.3 Å². The molecule has 0 unspecified atom stereocenters. The molecule has 0 bridgehead atoms. The van der Waals surface area contributed by atoms with E-state index in [4.69, 9.17) is 0 Å². The van der Waals surface area contributed by atoms with E-state index in [2.05, 4.69) is 272 Å². The van der Waals surface area contributed by atoms with Crippen molar-refractivity contribution in [3.8, 4) is 0 Å². The molecule has 3 aliphatic carbocycles. The Kier molecular flexibility index (Phi) is 11.8. The van der Waals surface area contributed by atoms with Gasteiger partial charge in [-0.05, 0) is 223 Å². The monoisotopic (exact) mass is 1110 g/mol. The fourth-order valence-electron chi connectivity index (χ4n) is 16.0. The smallest absolute Gasteiger partial charge is 0.252 e. The van der Waals surface area contributed by atoms with Gasteiger partial charge in [-0.15, -0.1) is 11.3 Å². The van der Waals surface area contributed by atoms with Gasteiger partial charge in [-0.3, -0.25) is 0 Å². The van der Waals surface area contributed by atoms with Crippen molar-refractivity contribution < 1.29 is 0 Å². The summed E-state index contributed by atoms with van der Waals surface area (Å²) in [5.41, 5.74) is 28.2. The van der Waals surface area contributed by atoms with Crippen molar-refractivity contribution in [2.45, 2.75) is 194 Å². The lowest BCUT2D eigenvalue weighted by molar-refractivity contribution is 0.332. The highest BCUT2D eigenvalue weighted by molar-refractivity contribution is 7.26. The number of nitrogens with zero attached hydrogens (tertiary/aromatic N) is 3. The molecular weight excluding hydrogens is 1020 g/mol. The van der Waals surface area contributed by atoms with Crippen LogP contribution in [0.4, 0.5) is 51.2 Å².